The molecule has 7 atom stereocenters. The van der Waals surface area contributed by atoms with Gasteiger partial charge in [-0.05, 0) is 31.2 Å². The fraction of sp³-hybridized carbons (Fsp3) is 0.297. The van der Waals surface area contributed by atoms with Gasteiger partial charge < -0.3 is 89.3 Å². The van der Waals surface area contributed by atoms with Crippen molar-refractivity contribution in [2.24, 2.45) is 0 Å². The summed E-state index contributed by atoms with van der Waals surface area (Å²) in [5.41, 5.74) is -10.0. The van der Waals surface area contributed by atoms with E-state index in [1.165, 1.54) is 0 Å². The highest BCUT2D eigenvalue weighted by atomic mass is 16.7. The van der Waals surface area contributed by atoms with Crippen LogP contribution in [0.2, 0.25) is 0 Å². The summed E-state index contributed by atoms with van der Waals surface area (Å²) >= 11 is 0. The summed E-state index contributed by atoms with van der Waals surface area (Å²) in [7, 11) is 0. The van der Waals surface area contributed by atoms with Crippen LogP contribution < -0.4 is 4.74 Å². The highest BCUT2D eigenvalue weighted by molar-refractivity contribution is 6.14. The van der Waals surface area contributed by atoms with Crippen molar-refractivity contribution in [3.05, 3.63) is 52.6 Å². The first-order chi connectivity index (χ1) is 28.6. The summed E-state index contributed by atoms with van der Waals surface area (Å²) in [6, 6.07) is 2.30. The van der Waals surface area contributed by atoms with Gasteiger partial charge in [0.15, 0.2) is 70.3 Å². The van der Waals surface area contributed by atoms with Gasteiger partial charge in [0, 0.05) is 22.8 Å². The van der Waals surface area contributed by atoms with Crippen molar-refractivity contribution < 1.29 is 118 Å². The van der Waals surface area contributed by atoms with Gasteiger partial charge >= 0.3 is 29.7 Å². The Balaban J connectivity index is 1.39. The molecule has 11 N–H and O–H groups in total. The van der Waals surface area contributed by atoms with Crippen LogP contribution in [0.4, 0.5) is 0 Å². The number of aliphatic hydroxyl groups is 3. The predicted octanol–water partition coefficient (Wildman–Crippen LogP) is -1.93. The molecule has 0 unspecified atom stereocenters. The van der Waals surface area contributed by atoms with Gasteiger partial charge in [0.05, 0.1) is 16.7 Å². The molecule has 6 bridgehead atoms. The van der Waals surface area contributed by atoms with E-state index in [0.717, 1.165) is 6.92 Å². The minimum Gasteiger partial charge on any atom is -0.504 e. The van der Waals surface area contributed by atoms with E-state index < -0.39 is 181 Å². The first-order valence-corrected chi connectivity index (χ1v) is 17.4. The zero-order valence-corrected chi connectivity index (χ0v) is 30.4. The lowest BCUT2D eigenvalue weighted by atomic mass is 9.59. The molecular weight excluding hydrogens is 828 g/mol. The van der Waals surface area contributed by atoms with Crippen LogP contribution in [-0.4, -0.2) is 147 Å². The fourth-order valence-electron chi connectivity index (χ4n) is 7.77. The molecule has 24 heteroatoms. The highest BCUT2D eigenvalue weighted by Crippen LogP contribution is 2.61. The van der Waals surface area contributed by atoms with Gasteiger partial charge in [-0.3, -0.25) is 14.4 Å². The molecular formula is C37H28O24. The van der Waals surface area contributed by atoms with Crippen molar-refractivity contribution in [3.8, 4) is 62.9 Å². The Hall–Kier alpha value is -7.38. The molecule has 320 valence electrons. The van der Waals surface area contributed by atoms with Crippen molar-refractivity contribution in [2.75, 3.05) is 13.2 Å². The number of cyclic esters (lactones) is 1. The fourth-order valence-corrected chi connectivity index (χ4v) is 7.77. The Morgan fingerprint density at radius 3 is 1.92 bits per heavy atom. The number of carbonyl (C=O) groups is 6. The van der Waals surface area contributed by atoms with Crippen molar-refractivity contribution >= 4 is 35.4 Å². The number of hydrogen-bond acceptors (Lipinski definition) is 24. The smallest absolute Gasteiger partial charge is 0.339 e. The van der Waals surface area contributed by atoms with E-state index in [4.69, 9.17) is 33.2 Å². The van der Waals surface area contributed by atoms with Crippen molar-refractivity contribution in [1.82, 2.24) is 0 Å². The molecule has 24 nitrogen and oxygen atoms in total. The maximum atomic E-state index is 14.9. The second-order valence-corrected chi connectivity index (χ2v) is 14.2. The van der Waals surface area contributed by atoms with E-state index in [-0.39, 0.29) is 6.08 Å². The van der Waals surface area contributed by atoms with Crippen LogP contribution in [0.5, 0.6) is 51.7 Å². The summed E-state index contributed by atoms with van der Waals surface area (Å²) < 4.78 is 39.0. The van der Waals surface area contributed by atoms with E-state index in [9.17, 15) is 84.9 Å². The summed E-state index contributed by atoms with van der Waals surface area (Å²) in [5, 5.41) is 120. The van der Waals surface area contributed by atoms with Crippen LogP contribution in [0.1, 0.15) is 33.2 Å². The minimum atomic E-state index is -4.30. The topological polar surface area (TPSA) is 390 Å². The highest BCUT2D eigenvalue weighted by Gasteiger charge is 2.81. The number of phenols is 8. The molecule has 0 saturated carbocycles. The maximum Gasteiger partial charge on any atom is 0.339 e. The number of fused-ring (bicyclic) bond motifs is 5. The molecule has 2 saturated heterocycles. The van der Waals surface area contributed by atoms with Gasteiger partial charge in [-0.25, -0.2) is 14.4 Å². The van der Waals surface area contributed by atoms with Gasteiger partial charge in [0.25, 0.3) is 5.79 Å². The zero-order chi connectivity index (χ0) is 44.4. The average Bonchev–Trinajstić information content (AvgIpc) is 3.21. The average molecular weight is 857 g/mol. The summed E-state index contributed by atoms with van der Waals surface area (Å²) in [6.45, 7) is -0.988. The Morgan fingerprint density at radius 2 is 1.31 bits per heavy atom. The van der Waals surface area contributed by atoms with Crippen LogP contribution in [0.3, 0.4) is 0 Å². The summed E-state index contributed by atoms with van der Waals surface area (Å²) in [4.78, 5) is 83.2. The number of aromatic hydroxyl groups is 8. The molecule has 8 rings (SSSR count). The molecule has 0 radical (unpaired) electrons. The van der Waals surface area contributed by atoms with Crippen LogP contribution in [0, 0.1) is 0 Å². The maximum absolute atomic E-state index is 14.9. The van der Waals surface area contributed by atoms with Crippen LogP contribution in [0.25, 0.3) is 11.1 Å². The predicted molar refractivity (Wildman–Crippen MR) is 184 cm³/mol. The number of carbonyl (C=O) groups excluding carboxylic acids is 6. The molecule has 0 amide bonds. The number of benzene rings is 3. The van der Waals surface area contributed by atoms with Gasteiger partial charge in [-0.1, -0.05) is 0 Å². The first-order valence-electron chi connectivity index (χ1n) is 17.4. The number of rotatable bonds is 3. The van der Waals surface area contributed by atoms with Gasteiger partial charge in [-0.15, -0.1) is 0 Å². The number of phenolic OH excluding ortho intramolecular Hbond substituents is 8. The largest absolute Gasteiger partial charge is 0.504 e. The Morgan fingerprint density at radius 1 is 0.721 bits per heavy atom. The van der Waals surface area contributed by atoms with Crippen molar-refractivity contribution in [3.63, 3.8) is 0 Å². The summed E-state index contributed by atoms with van der Waals surface area (Å²) in [6.07, 6.45) is -10.9. The number of ether oxygens (including phenoxy) is 7. The molecule has 5 aliphatic rings. The first kappa shape index (κ1) is 40.4. The number of ketones is 2. The van der Waals surface area contributed by atoms with Crippen LogP contribution >= 0.6 is 0 Å². The second kappa shape index (κ2) is 13.3. The van der Waals surface area contributed by atoms with E-state index in [1.807, 2.05) is 0 Å². The van der Waals surface area contributed by atoms with E-state index in [0.29, 0.717) is 24.3 Å². The molecule has 3 aromatic rings. The Kier molecular flexibility index (Phi) is 8.82. The third-order valence-electron chi connectivity index (χ3n) is 10.6. The molecule has 1 spiro atoms. The SMILES string of the molecule is CC(=O)CO[C@@H]1O[C@@H]2COC(=O)c3cc(O)c(O)c(O)c3-c3c(cc(O)c(O)c3O)C(=O)O[C@@H]3[C@H]1OC(=O)C1=CC(=O)[C@]4(O)Oc5c(ccc(O)c5O)[C@]1(C(=O)O[C@@H]32)C4(O)O. The third kappa shape index (κ3) is 5.36. The van der Waals surface area contributed by atoms with Crippen molar-refractivity contribution in [1.29, 1.82) is 0 Å². The molecule has 1 aliphatic carbocycles. The second-order valence-electron chi connectivity index (χ2n) is 14.2. The standard InChI is InChI=1S/C37H28O24/c1-9(38)7-56-33-29-28-27(60-34(51)35-12-2-3-14(39)23(45)26(12)61-36(52,37(35,53)54)18(42)6-13(35)32(50)59-29)17(57-33)8-55-30(48)10-4-15(40)21(43)24(46)19(10)20-11(31(49)58-28)5-16(41)22(44)25(20)47/h2-6,17,27-29,33,39-41,43-47,52-54H,7-8H2,1H3/t17-,27-,28+,29-,33-,35+,36+/m1/s1. The monoisotopic (exact) mass is 856 g/mol. The summed E-state index contributed by atoms with van der Waals surface area (Å²) in [5.74, 6) is -29.5. The lowest BCUT2D eigenvalue weighted by molar-refractivity contribution is -0.356. The third-order valence-corrected chi connectivity index (χ3v) is 10.6. The number of Topliss-reactive ketones (excluding diaryl/α,β-unsaturated/α-hetero) is 1. The Bertz CT molecular complexity index is 2570. The minimum absolute atomic E-state index is 0.203. The van der Waals surface area contributed by atoms with E-state index >= 15 is 0 Å². The van der Waals surface area contributed by atoms with E-state index in [2.05, 4.69) is 0 Å². The van der Waals surface area contributed by atoms with Crippen LogP contribution in [0.15, 0.2) is 35.9 Å². The zero-order valence-electron chi connectivity index (χ0n) is 30.4. The molecule has 3 aromatic carbocycles. The quantitative estimate of drug-likeness (QED) is 0.0591. The molecule has 61 heavy (non-hydrogen) atoms. The van der Waals surface area contributed by atoms with Crippen molar-refractivity contribution in [2.45, 2.75) is 54.6 Å². The van der Waals surface area contributed by atoms with Gasteiger partial charge in [-0.2, -0.15) is 0 Å². The van der Waals surface area contributed by atoms with E-state index in [1.54, 1.807) is 0 Å². The van der Waals surface area contributed by atoms with Crippen LogP contribution in [-0.2, 0) is 53.0 Å². The lowest BCUT2D eigenvalue weighted by Gasteiger charge is -2.54. The van der Waals surface area contributed by atoms with Gasteiger partial charge in [0.2, 0.25) is 23.0 Å². The number of esters is 4. The lowest BCUT2D eigenvalue weighted by Crippen LogP contribution is -2.79. The molecule has 4 aliphatic heterocycles. The normalized spacial score (nSPS) is 28.6. The number of hydrogen-bond donors (Lipinski definition) is 11. The molecule has 0 aromatic heterocycles. The van der Waals surface area contributed by atoms with Gasteiger partial charge in [0.1, 0.15) is 19.3 Å². The Labute approximate surface area is 336 Å². The molecule has 4 heterocycles. The molecule has 2 fully saturated rings.